The van der Waals surface area contributed by atoms with Crippen LogP contribution in [0.25, 0.3) is 0 Å². The van der Waals surface area contributed by atoms with Gasteiger partial charge in [0.25, 0.3) is 11.6 Å². The van der Waals surface area contributed by atoms with Gasteiger partial charge in [0, 0.05) is 0 Å². The van der Waals surface area contributed by atoms with Gasteiger partial charge in [0.05, 0.1) is 34.4 Å². The summed E-state index contributed by atoms with van der Waals surface area (Å²) in [7, 11) is 0. The molecule has 1 heterocycles. The summed E-state index contributed by atoms with van der Waals surface area (Å²) in [5.74, 6) is 0.0510. The molecule has 2 aromatic carbocycles. The molecular formula is C23H23N3O8. The summed E-state index contributed by atoms with van der Waals surface area (Å²) in [6.45, 7) is 5.35. The van der Waals surface area contributed by atoms with Gasteiger partial charge in [0.2, 0.25) is 0 Å². The van der Waals surface area contributed by atoms with E-state index >= 15 is 0 Å². The first-order valence-corrected chi connectivity index (χ1v) is 10.3. The van der Waals surface area contributed by atoms with Crippen molar-refractivity contribution in [2.45, 2.75) is 27.4 Å². The fraction of sp³-hybridized carbons (Fsp3) is 0.261. The highest BCUT2D eigenvalue weighted by atomic mass is 16.6. The summed E-state index contributed by atoms with van der Waals surface area (Å²) >= 11 is 0. The molecule has 3 rings (SSSR count). The predicted octanol–water partition coefficient (Wildman–Crippen LogP) is 3.97. The van der Waals surface area contributed by atoms with E-state index in [0.29, 0.717) is 23.9 Å². The molecule has 11 nitrogen and oxygen atoms in total. The smallest absolute Gasteiger partial charge is 0.338 e. The van der Waals surface area contributed by atoms with Crippen LogP contribution in [0.3, 0.4) is 0 Å². The number of nitrogens with zero attached hydrogens (tertiary/aromatic N) is 2. The number of carbonyl (C=O) groups excluding carboxylic acids is 2. The zero-order valence-electron chi connectivity index (χ0n) is 18.8. The summed E-state index contributed by atoms with van der Waals surface area (Å²) in [5, 5.41) is 17.5. The Morgan fingerprint density at radius 3 is 2.41 bits per heavy atom. The Balaban J connectivity index is 1.53. The van der Waals surface area contributed by atoms with Crippen LogP contribution < -0.4 is 14.8 Å². The van der Waals surface area contributed by atoms with Crippen LogP contribution in [0.15, 0.2) is 47.0 Å². The highest BCUT2D eigenvalue weighted by Crippen LogP contribution is 2.29. The Kier molecular flexibility index (Phi) is 7.80. The van der Waals surface area contributed by atoms with Gasteiger partial charge in [-0.15, -0.1) is 0 Å². The third kappa shape index (κ3) is 6.09. The van der Waals surface area contributed by atoms with Crippen molar-refractivity contribution in [1.29, 1.82) is 0 Å². The Hall–Kier alpha value is -4.41. The SMILES string of the molecule is CCOc1ccc(NC(=O)COC(=O)c2ccc(OCc3c(C)noc3C)cc2)c([N+](=O)[O-])c1. The van der Waals surface area contributed by atoms with Gasteiger partial charge in [0.15, 0.2) is 6.61 Å². The lowest BCUT2D eigenvalue weighted by molar-refractivity contribution is -0.384. The Bertz CT molecular complexity index is 1170. The van der Waals surface area contributed by atoms with E-state index in [-0.39, 0.29) is 23.5 Å². The number of anilines is 1. The molecule has 0 saturated carbocycles. The standard InChI is InChI=1S/C23H23N3O8/c1-4-31-18-9-10-20(21(11-18)26(29)30)24-22(27)13-33-23(28)16-5-7-17(8-6-16)32-12-19-14(2)25-34-15(19)3/h5-11H,4,12-13H2,1-3H3,(H,24,27). The fourth-order valence-electron chi connectivity index (χ4n) is 2.98. The van der Waals surface area contributed by atoms with Gasteiger partial charge in [-0.2, -0.15) is 0 Å². The van der Waals surface area contributed by atoms with Crippen LogP contribution in [0.4, 0.5) is 11.4 Å². The Morgan fingerprint density at radius 2 is 1.79 bits per heavy atom. The first kappa shape index (κ1) is 24.2. The van der Waals surface area contributed by atoms with Crippen molar-refractivity contribution in [1.82, 2.24) is 5.16 Å². The molecule has 0 fully saturated rings. The predicted molar refractivity (Wildman–Crippen MR) is 120 cm³/mol. The van der Waals surface area contributed by atoms with Gasteiger partial charge < -0.3 is 24.1 Å². The molecule has 1 amide bonds. The molecule has 34 heavy (non-hydrogen) atoms. The summed E-state index contributed by atoms with van der Waals surface area (Å²) in [5.41, 5.74) is 1.44. The summed E-state index contributed by atoms with van der Waals surface area (Å²) in [6, 6.07) is 10.2. The number of nitro groups is 1. The average molecular weight is 469 g/mol. The second-order valence-electron chi connectivity index (χ2n) is 7.11. The van der Waals surface area contributed by atoms with Crippen molar-refractivity contribution < 1.29 is 33.2 Å². The highest BCUT2D eigenvalue weighted by Gasteiger charge is 2.18. The quantitative estimate of drug-likeness (QED) is 0.265. The van der Waals surface area contributed by atoms with Crippen LogP contribution in [0.2, 0.25) is 0 Å². The molecule has 0 radical (unpaired) electrons. The number of hydrogen-bond acceptors (Lipinski definition) is 9. The molecule has 1 aromatic heterocycles. The van der Waals surface area contributed by atoms with Gasteiger partial charge in [-0.1, -0.05) is 5.16 Å². The van der Waals surface area contributed by atoms with Crippen molar-refractivity contribution in [3.05, 3.63) is 75.2 Å². The van der Waals surface area contributed by atoms with E-state index in [1.807, 2.05) is 6.92 Å². The van der Waals surface area contributed by atoms with Crippen molar-refractivity contribution in [2.24, 2.45) is 0 Å². The molecule has 0 aliphatic rings. The maximum Gasteiger partial charge on any atom is 0.338 e. The van der Waals surface area contributed by atoms with E-state index in [4.69, 9.17) is 18.7 Å². The average Bonchev–Trinajstić information content (AvgIpc) is 3.14. The van der Waals surface area contributed by atoms with Crippen LogP contribution in [0.5, 0.6) is 11.5 Å². The van der Waals surface area contributed by atoms with Crippen LogP contribution in [0, 0.1) is 24.0 Å². The zero-order valence-corrected chi connectivity index (χ0v) is 18.8. The van der Waals surface area contributed by atoms with E-state index in [9.17, 15) is 19.7 Å². The third-order valence-corrected chi connectivity index (χ3v) is 4.74. The van der Waals surface area contributed by atoms with E-state index in [0.717, 1.165) is 11.3 Å². The monoisotopic (exact) mass is 469 g/mol. The normalized spacial score (nSPS) is 10.4. The van der Waals surface area contributed by atoms with E-state index < -0.39 is 23.4 Å². The fourth-order valence-corrected chi connectivity index (χ4v) is 2.98. The number of rotatable bonds is 10. The maximum atomic E-state index is 12.3. The number of ether oxygens (including phenoxy) is 3. The first-order chi connectivity index (χ1) is 16.3. The molecule has 0 bridgehead atoms. The second kappa shape index (κ2) is 10.9. The van der Waals surface area contributed by atoms with Crippen molar-refractivity contribution in [2.75, 3.05) is 18.5 Å². The lowest BCUT2D eigenvalue weighted by Crippen LogP contribution is -2.21. The van der Waals surface area contributed by atoms with Gasteiger partial charge >= 0.3 is 5.97 Å². The number of benzene rings is 2. The maximum absolute atomic E-state index is 12.3. The Morgan fingerprint density at radius 1 is 1.09 bits per heavy atom. The molecule has 0 unspecified atom stereocenters. The van der Waals surface area contributed by atoms with Crippen molar-refractivity contribution in [3.8, 4) is 11.5 Å². The minimum absolute atomic E-state index is 0.0331. The number of nitro benzene ring substituents is 1. The minimum Gasteiger partial charge on any atom is -0.494 e. The van der Waals surface area contributed by atoms with Gasteiger partial charge in [-0.3, -0.25) is 14.9 Å². The Labute approximate surface area is 194 Å². The molecule has 11 heteroatoms. The van der Waals surface area contributed by atoms with Crippen molar-refractivity contribution in [3.63, 3.8) is 0 Å². The van der Waals surface area contributed by atoms with Gasteiger partial charge in [-0.05, 0) is 57.2 Å². The van der Waals surface area contributed by atoms with Crippen molar-refractivity contribution >= 4 is 23.3 Å². The minimum atomic E-state index is -0.728. The molecule has 0 saturated heterocycles. The molecule has 0 atom stereocenters. The highest BCUT2D eigenvalue weighted by molar-refractivity contribution is 5.97. The van der Waals surface area contributed by atoms with E-state index in [2.05, 4.69) is 10.5 Å². The van der Waals surface area contributed by atoms with Crippen LogP contribution >= 0.6 is 0 Å². The lowest BCUT2D eigenvalue weighted by atomic mass is 10.2. The third-order valence-electron chi connectivity index (χ3n) is 4.74. The molecule has 178 valence electrons. The topological polar surface area (TPSA) is 143 Å². The molecule has 0 aliphatic heterocycles. The first-order valence-electron chi connectivity index (χ1n) is 10.3. The summed E-state index contributed by atoms with van der Waals surface area (Å²) in [4.78, 5) is 35.1. The molecule has 0 aliphatic carbocycles. The van der Waals surface area contributed by atoms with Gasteiger partial charge in [-0.25, -0.2) is 4.79 Å². The molecule has 1 N–H and O–H groups in total. The number of hydrogen-bond donors (Lipinski definition) is 1. The molecular weight excluding hydrogens is 446 g/mol. The van der Waals surface area contributed by atoms with Gasteiger partial charge in [0.1, 0.15) is 29.6 Å². The van der Waals surface area contributed by atoms with Crippen LogP contribution in [0.1, 0.15) is 34.3 Å². The van der Waals surface area contributed by atoms with E-state index in [1.54, 1.807) is 26.0 Å². The lowest BCUT2D eigenvalue weighted by Gasteiger charge is -2.09. The molecule has 3 aromatic rings. The number of aryl methyl sites for hydroxylation is 2. The number of aromatic nitrogens is 1. The summed E-state index contributed by atoms with van der Waals surface area (Å²) in [6.07, 6.45) is 0. The zero-order chi connectivity index (χ0) is 24.7. The number of nitrogens with one attached hydrogen (secondary N) is 1. The number of esters is 1. The summed E-state index contributed by atoms with van der Waals surface area (Å²) < 4.78 is 21.0. The number of amides is 1. The van der Waals surface area contributed by atoms with Crippen LogP contribution in [-0.2, 0) is 16.1 Å². The largest absolute Gasteiger partial charge is 0.494 e. The number of carbonyl (C=O) groups is 2. The van der Waals surface area contributed by atoms with Crippen LogP contribution in [-0.4, -0.2) is 35.2 Å². The van der Waals surface area contributed by atoms with E-state index in [1.165, 1.54) is 30.3 Å². The second-order valence-corrected chi connectivity index (χ2v) is 7.11. The molecule has 0 spiro atoms.